The maximum Gasteiger partial charge on any atom is 0.222 e. The standard InChI is InChI=1S/C23H31N3O/c1-4-18-11-17(3)12-19(13-18)7-10-22(24)20(14-23(25)27)15-26-21-8-5-16(2)6-9-21/h11-13,15-16,21,24,26H,4-6,8-9,14H2,1-3H3,(H2,25,27)/b20-15-,24-22?. The molecule has 27 heavy (non-hydrogen) atoms. The molecule has 0 aromatic heterocycles. The van der Waals surface area contributed by atoms with Gasteiger partial charge in [-0.1, -0.05) is 25.8 Å². The van der Waals surface area contributed by atoms with Gasteiger partial charge in [-0.3, -0.25) is 10.2 Å². The van der Waals surface area contributed by atoms with Gasteiger partial charge in [0.25, 0.3) is 0 Å². The Hall–Kier alpha value is -2.54. The first-order valence-electron chi connectivity index (χ1n) is 9.82. The molecule has 1 aromatic rings. The van der Waals surface area contributed by atoms with Gasteiger partial charge in [-0.2, -0.15) is 0 Å². The largest absolute Gasteiger partial charge is 0.388 e. The fourth-order valence-electron chi connectivity index (χ4n) is 3.40. The number of rotatable bonds is 6. The average molecular weight is 366 g/mol. The minimum Gasteiger partial charge on any atom is -0.388 e. The zero-order valence-electron chi connectivity index (χ0n) is 16.7. The molecule has 0 unspecified atom stereocenters. The monoisotopic (exact) mass is 365 g/mol. The van der Waals surface area contributed by atoms with Crippen molar-refractivity contribution in [2.24, 2.45) is 11.7 Å². The Balaban J connectivity index is 2.12. The van der Waals surface area contributed by atoms with Crippen LogP contribution in [0.4, 0.5) is 0 Å². The number of nitrogens with one attached hydrogen (secondary N) is 2. The normalized spacial score (nSPS) is 19.7. The van der Waals surface area contributed by atoms with Crippen LogP contribution in [0.5, 0.6) is 0 Å². The molecule has 2 rings (SSSR count). The smallest absolute Gasteiger partial charge is 0.222 e. The SMILES string of the molecule is CCc1cc(C)cc(C#CC(=N)/C(=C\NC2CCC(C)CC2)CC(N)=O)c1. The third kappa shape index (κ3) is 6.94. The van der Waals surface area contributed by atoms with Crippen LogP contribution in [0.3, 0.4) is 0 Å². The summed E-state index contributed by atoms with van der Waals surface area (Å²) in [5, 5.41) is 11.7. The van der Waals surface area contributed by atoms with E-state index < -0.39 is 5.91 Å². The molecule has 0 atom stereocenters. The van der Waals surface area contributed by atoms with Crippen LogP contribution < -0.4 is 11.1 Å². The van der Waals surface area contributed by atoms with E-state index in [1.807, 2.05) is 19.1 Å². The molecule has 0 spiro atoms. The summed E-state index contributed by atoms with van der Waals surface area (Å²) < 4.78 is 0. The van der Waals surface area contributed by atoms with Crippen LogP contribution in [-0.4, -0.2) is 17.7 Å². The van der Waals surface area contributed by atoms with Gasteiger partial charge in [-0.15, -0.1) is 0 Å². The summed E-state index contributed by atoms with van der Waals surface area (Å²) in [6.45, 7) is 6.44. The molecule has 1 amide bonds. The van der Waals surface area contributed by atoms with Gasteiger partial charge in [0, 0.05) is 23.4 Å². The molecule has 0 aliphatic heterocycles. The Labute approximate surface area is 163 Å². The van der Waals surface area contributed by atoms with E-state index in [1.165, 1.54) is 18.4 Å². The highest BCUT2D eigenvalue weighted by molar-refractivity contribution is 6.12. The molecule has 0 heterocycles. The zero-order valence-corrected chi connectivity index (χ0v) is 16.7. The highest BCUT2D eigenvalue weighted by Gasteiger charge is 2.17. The molecule has 1 aliphatic carbocycles. The van der Waals surface area contributed by atoms with Gasteiger partial charge in [0.05, 0.1) is 6.42 Å². The third-order valence-electron chi connectivity index (χ3n) is 5.07. The second-order valence-corrected chi connectivity index (χ2v) is 7.62. The van der Waals surface area contributed by atoms with Gasteiger partial charge in [-0.05, 0) is 74.1 Å². The van der Waals surface area contributed by atoms with E-state index in [0.29, 0.717) is 11.6 Å². The first kappa shape index (κ1) is 20.8. The van der Waals surface area contributed by atoms with E-state index in [1.54, 1.807) is 6.20 Å². The molecular weight excluding hydrogens is 334 g/mol. The van der Waals surface area contributed by atoms with Gasteiger partial charge in [0.1, 0.15) is 5.71 Å². The minimum atomic E-state index is -0.448. The highest BCUT2D eigenvalue weighted by atomic mass is 16.1. The molecule has 0 bridgehead atoms. The summed E-state index contributed by atoms with van der Waals surface area (Å²) in [4.78, 5) is 11.4. The number of carbonyl (C=O) groups is 1. The molecule has 0 radical (unpaired) electrons. The lowest BCUT2D eigenvalue weighted by molar-refractivity contribution is -0.117. The Morgan fingerprint density at radius 1 is 1.30 bits per heavy atom. The topological polar surface area (TPSA) is 79.0 Å². The number of primary amides is 1. The maximum absolute atomic E-state index is 11.4. The Kier molecular flexibility index (Phi) is 7.67. The second-order valence-electron chi connectivity index (χ2n) is 7.62. The van der Waals surface area contributed by atoms with Crippen molar-refractivity contribution in [2.45, 2.75) is 65.3 Å². The first-order chi connectivity index (χ1) is 12.9. The van der Waals surface area contributed by atoms with Crippen molar-refractivity contribution >= 4 is 11.6 Å². The minimum absolute atomic E-state index is 0.0255. The quantitative estimate of drug-likeness (QED) is 0.529. The van der Waals surface area contributed by atoms with Crippen molar-refractivity contribution in [1.29, 1.82) is 5.41 Å². The summed E-state index contributed by atoms with van der Waals surface area (Å²) in [5.74, 6) is 6.29. The van der Waals surface area contributed by atoms with E-state index >= 15 is 0 Å². The van der Waals surface area contributed by atoms with Gasteiger partial charge in [0.2, 0.25) is 5.91 Å². The molecule has 4 N–H and O–H groups in total. The van der Waals surface area contributed by atoms with Gasteiger partial charge in [0.15, 0.2) is 0 Å². The van der Waals surface area contributed by atoms with E-state index in [0.717, 1.165) is 36.3 Å². The van der Waals surface area contributed by atoms with Crippen LogP contribution in [-0.2, 0) is 11.2 Å². The number of nitrogens with two attached hydrogens (primary N) is 1. The molecule has 144 valence electrons. The Morgan fingerprint density at radius 3 is 2.63 bits per heavy atom. The molecule has 1 saturated carbocycles. The zero-order chi connectivity index (χ0) is 19.8. The highest BCUT2D eigenvalue weighted by Crippen LogP contribution is 2.23. The van der Waals surface area contributed by atoms with Crippen molar-refractivity contribution in [3.63, 3.8) is 0 Å². The van der Waals surface area contributed by atoms with E-state index in [2.05, 4.69) is 37.1 Å². The van der Waals surface area contributed by atoms with Gasteiger partial charge < -0.3 is 11.1 Å². The van der Waals surface area contributed by atoms with Crippen molar-refractivity contribution in [2.75, 3.05) is 0 Å². The summed E-state index contributed by atoms with van der Waals surface area (Å²) in [6, 6.07) is 6.60. The molecule has 1 fully saturated rings. The van der Waals surface area contributed by atoms with Crippen LogP contribution in [0, 0.1) is 30.1 Å². The number of hydrogen-bond acceptors (Lipinski definition) is 3. The fraction of sp³-hybridized carbons (Fsp3) is 0.478. The van der Waals surface area contributed by atoms with Gasteiger partial charge >= 0.3 is 0 Å². The predicted molar refractivity (Wildman–Crippen MR) is 112 cm³/mol. The lowest BCUT2D eigenvalue weighted by Crippen LogP contribution is -2.30. The summed E-state index contributed by atoms with van der Waals surface area (Å²) in [7, 11) is 0. The van der Waals surface area contributed by atoms with E-state index in [-0.39, 0.29) is 12.1 Å². The average Bonchev–Trinajstić information content (AvgIpc) is 2.63. The summed E-state index contributed by atoms with van der Waals surface area (Å²) in [5.41, 5.74) is 9.35. The fourth-order valence-corrected chi connectivity index (χ4v) is 3.40. The van der Waals surface area contributed by atoms with E-state index in [9.17, 15) is 4.79 Å². The predicted octanol–water partition coefficient (Wildman–Crippen LogP) is 3.86. The van der Waals surface area contributed by atoms with Crippen LogP contribution in [0.15, 0.2) is 30.0 Å². The number of amides is 1. The van der Waals surface area contributed by atoms with Crippen LogP contribution in [0.25, 0.3) is 0 Å². The third-order valence-corrected chi connectivity index (χ3v) is 5.07. The lowest BCUT2D eigenvalue weighted by Gasteiger charge is -2.26. The summed E-state index contributed by atoms with van der Waals surface area (Å²) >= 11 is 0. The maximum atomic E-state index is 11.4. The first-order valence-corrected chi connectivity index (χ1v) is 9.82. The van der Waals surface area contributed by atoms with Crippen molar-refractivity contribution in [1.82, 2.24) is 5.32 Å². The van der Waals surface area contributed by atoms with Crippen molar-refractivity contribution in [3.05, 3.63) is 46.7 Å². The second kappa shape index (κ2) is 9.97. The molecule has 1 aliphatic rings. The van der Waals surface area contributed by atoms with Crippen molar-refractivity contribution in [3.8, 4) is 11.8 Å². The number of carbonyl (C=O) groups excluding carboxylic acids is 1. The number of benzene rings is 1. The lowest BCUT2D eigenvalue weighted by atomic mass is 9.87. The molecular formula is C23H31N3O. The molecule has 1 aromatic carbocycles. The van der Waals surface area contributed by atoms with Crippen LogP contribution in [0.2, 0.25) is 0 Å². The molecule has 0 saturated heterocycles. The van der Waals surface area contributed by atoms with Gasteiger partial charge in [-0.25, -0.2) is 0 Å². The number of aryl methyl sites for hydroxylation is 2. The molecule has 4 nitrogen and oxygen atoms in total. The van der Waals surface area contributed by atoms with Crippen molar-refractivity contribution < 1.29 is 4.79 Å². The Morgan fingerprint density at radius 2 is 2.00 bits per heavy atom. The van der Waals surface area contributed by atoms with Crippen LogP contribution >= 0.6 is 0 Å². The van der Waals surface area contributed by atoms with E-state index in [4.69, 9.17) is 11.1 Å². The Bertz CT molecular complexity index is 775. The number of hydrogen-bond donors (Lipinski definition) is 3. The summed E-state index contributed by atoms with van der Waals surface area (Å²) in [6.07, 6.45) is 7.40. The van der Waals surface area contributed by atoms with Crippen LogP contribution in [0.1, 0.15) is 62.6 Å². The molecule has 4 heteroatoms.